The first-order valence-electron chi connectivity index (χ1n) is 6.31. The van der Waals surface area contributed by atoms with Crippen LogP contribution >= 0.6 is 23.1 Å². The smallest absolute Gasteiger partial charge is 0.345 e. The van der Waals surface area contributed by atoms with E-state index in [4.69, 9.17) is 5.11 Å². The van der Waals surface area contributed by atoms with E-state index in [1.54, 1.807) is 6.07 Å². The summed E-state index contributed by atoms with van der Waals surface area (Å²) < 4.78 is 0. The summed E-state index contributed by atoms with van der Waals surface area (Å²) in [6.07, 6.45) is 0. The molecule has 0 atom stereocenters. The Kier molecular flexibility index (Phi) is 5.41. The highest BCUT2D eigenvalue weighted by atomic mass is 32.2. The summed E-state index contributed by atoms with van der Waals surface area (Å²) >= 11 is 2.59. The van der Waals surface area contributed by atoms with Crippen LogP contribution < -0.4 is 5.32 Å². The average Bonchev–Trinajstić information content (AvgIpc) is 2.87. The van der Waals surface area contributed by atoms with Gasteiger partial charge < -0.3 is 10.4 Å². The Morgan fingerprint density at radius 3 is 2.76 bits per heavy atom. The topological polar surface area (TPSA) is 66.4 Å². The summed E-state index contributed by atoms with van der Waals surface area (Å²) in [5.74, 6) is 0.0227. The standard InChI is InChI=1S/C15H15NO3S2/c1-10-3-2-4-11(7-10)8-20-9-13(17)16-14-6-5-12(21-14)15(18)19/h2-7H,8-9H2,1H3,(H,16,17)(H,18,19). The highest BCUT2D eigenvalue weighted by Crippen LogP contribution is 2.22. The number of thiophene rings is 1. The van der Waals surface area contributed by atoms with Gasteiger partial charge in [-0.3, -0.25) is 4.79 Å². The van der Waals surface area contributed by atoms with E-state index in [1.165, 1.54) is 29.0 Å². The summed E-state index contributed by atoms with van der Waals surface area (Å²) in [5.41, 5.74) is 2.40. The zero-order valence-corrected chi connectivity index (χ0v) is 13.1. The number of hydrogen-bond acceptors (Lipinski definition) is 4. The van der Waals surface area contributed by atoms with Crippen molar-refractivity contribution in [2.75, 3.05) is 11.1 Å². The molecular weight excluding hydrogens is 306 g/mol. The van der Waals surface area contributed by atoms with Gasteiger partial charge in [-0.05, 0) is 24.6 Å². The summed E-state index contributed by atoms with van der Waals surface area (Å²) in [7, 11) is 0. The van der Waals surface area contributed by atoms with E-state index in [1.807, 2.05) is 25.1 Å². The summed E-state index contributed by atoms with van der Waals surface area (Å²) in [6.45, 7) is 2.04. The van der Waals surface area contributed by atoms with Crippen LogP contribution in [0, 0.1) is 6.92 Å². The molecule has 0 fully saturated rings. The minimum atomic E-state index is -0.977. The molecule has 2 N–H and O–H groups in total. The highest BCUT2D eigenvalue weighted by molar-refractivity contribution is 7.99. The Bertz CT molecular complexity index is 652. The third-order valence-electron chi connectivity index (χ3n) is 2.66. The number of carbonyl (C=O) groups is 2. The lowest BCUT2D eigenvalue weighted by atomic mass is 10.2. The van der Waals surface area contributed by atoms with Gasteiger partial charge in [0.15, 0.2) is 0 Å². The van der Waals surface area contributed by atoms with Gasteiger partial charge in [0, 0.05) is 5.75 Å². The fraction of sp³-hybridized carbons (Fsp3) is 0.200. The van der Waals surface area contributed by atoms with Gasteiger partial charge in [0.25, 0.3) is 0 Å². The molecule has 2 aromatic rings. The van der Waals surface area contributed by atoms with E-state index in [0.717, 1.165) is 17.1 Å². The van der Waals surface area contributed by atoms with Crippen molar-refractivity contribution in [3.05, 3.63) is 52.4 Å². The number of thioether (sulfide) groups is 1. The molecular formula is C15H15NO3S2. The molecule has 110 valence electrons. The number of benzene rings is 1. The fourth-order valence-corrected chi connectivity index (χ4v) is 3.29. The predicted molar refractivity (Wildman–Crippen MR) is 87.2 cm³/mol. The van der Waals surface area contributed by atoms with Crippen molar-refractivity contribution in [1.29, 1.82) is 0 Å². The zero-order valence-electron chi connectivity index (χ0n) is 11.5. The second kappa shape index (κ2) is 7.28. The average molecular weight is 321 g/mol. The molecule has 6 heteroatoms. The number of rotatable bonds is 6. The highest BCUT2D eigenvalue weighted by Gasteiger charge is 2.09. The molecule has 2 rings (SSSR count). The number of aryl methyl sites for hydroxylation is 1. The van der Waals surface area contributed by atoms with Crippen molar-refractivity contribution in [3.8, 4) is 0 Å². The normalized spacial score (nSPS) is 10.3. The van der Waals surface area contributed by atoms with Gasteiger partial charge in [-0.15, -0.1) is 23.1 Å². The fourth-order valence-electron chi connectivity index (χ4n) is 1.76. The first kappa shape index (κ1) is 15.6. The molecule has 0 saturated carbocycles. The van der Waals surface area contributed by atoms with Crippen LogP contribution in [0.25, 0.3) is 0 Å². The first-order valence-corrected chi connectivity index (χ1v) is 8.28. The van der Waals surface area contributed by atoms with Crippen molar-refractivity contribution >= 4 is 40.0 Å². The predicted octanol–water partition coefficient (Wildman–Crippen LogP) is 3.63. The van der Waals surface area contributed by atoms with E-state index >= 15 is 0 Å². The lowest BCUT2D eigenvalue weighted by Gasteiger charge is -2.04. The molecule has 0 bridgehead atoms. The van der Waals surface area contributed by atoms with Gasteiger partial charge >= 0.3 is 5.97 Å². The second-order valence-corrected chi connectivity index (χ2v) is 6.57. The Morgan fingerprint density at radius 1 is 1.29 bits per heavy atom. The Morgan fingerprint density at radius 2 is 2.10 bits per heavy atom. The number of amides is 1. The molecule has 0 unspecified atom stereocenters. The molecule has 0 aliphatic carbocycles. The molecule has 0 aliphatic rings. The number of carboxylic acids is 1. The molecule has 21 heavy (non-hydrogen) atoms. The lowest BCUT2D eigenvalue weighted by molar-refractivity contribution is -0.113. The van der Waals surface area contributed by atoms with Gasteiger partial charge in [0.1, 0.15) is 4.88 Å². The number of carboxylic acid groups (broad SMARTS) is 1. The number of hydrogen-bond donors (Lipinski definition) is 2. The van der Waals surface area contributed by atoms with Crippen molar-refractivity contribution in [1.82, 2.24) is 0 Å². The van der Waals surface area contributed by atoms with E-state index < -0.39 is 5.97 Å². The SMILES string of the molecule is Cc1cccc(CSCC(=O)Nc2ccc(C(=O)O)s2)c1. The molecule has 1 heterocycles. The van der Waals surface area contributed by atoms with Crippen LogP contribution in [-0.4, -0.2) is 22.7 Å². The molecule has 0 saturated heterocycles. The summed E-state index contributed by atoms with van der Waals surface area (Å²) in [4.78, 5) is 22.7. The van der Waals surface area contributed by atoms with Gasteiger partial charge in [-0.1, -0.05) is 29.8 Å². The van der Waals surface area contributed by atoms with Crippen LogP contribution in [0.1, 0.15) is 20.8 Å². The van der Waals surface area contributed by atoms with Gasteiger partial charge in [-0.2, -0.15) is 0 Å². The van der Waals surface area contributed by atoms with E-state index in [0.29, 0.717) is 10.8 Å². The number of carbonyl (C=O) groups excluding carboxylic acids is 1. The quantitative estimate of drug-likeness (QED) is 0.852. The zero-order chi connectivity index (χ0) is 15.2. The maximum Gasteiger partial charge on any atom is 0.345 e. The van der Waals surface area contributed by atoms with Crippen molar-refractivity contribution < 1.29 is 14.7 Å². The Labute approximate surface area is 131 Å². The van der Waals surface area contributed by atoms with E-state index in [-0.39, 0.29) is 10.8 Å². The lowest BCUT2D eigenvalue weighted by Crippen LogP contribution is -2.13. The molecule has 0 spiro atoms. The third-order valence-corrected chi connectivity index (χ3v) is 4.66. The summed E-state index contributed by atoms with van der Waals surface area (Å²) in [5, 5.41) is 12.1. The van der Waals surface area contributed by atoms with E-state index in [9.17, 15) is 9.59 Å². The number of anilines is 1. The third kappa shape index (κ3) is 4.91. The molecule has 4 nitrogen and oxygen atoms in total. The largest absolute Gasteiger partial charge is 0.477 e. The number of aromatic carboxylic acids is 1. The van der Waals surface area contributed by atoms with Crippen molar-refractivity contribution in [3.63, 3.8) is 0 Å². The van der Waals surface area contributed by atoms with Crippen LogP contribution in [-0.2, 0) is 10.5 Å². The van der Waals surface area contributed by atoms with E-state index in [2.05, 4.69) is 11.4 Å². The van der Waals surface area contributed by atoms with Crippen LogP contribution in [0.2, 0.25) is 0 Å². The molecule has 1 aromatic carbocycles. The molecule has 1 aromatic heterocycles. The first-order chi connectivity index (χ1) is 10.0. The van der Waals surface area contributed by atoms with Crippen LogP contribution in [0.3, 0.4) is 0 Å². The Hall–Kier alpha value is -1.79. The maximum absolute atomic E-state index is 11.8. The van der Waals surface area contributed by atoms with Gasteiger partial charge in [0.2, 0.25) is 5.91 Å². The molecule has 1 amide bonds. The van der Waals surface area contributed by atoms with Crippen molar-refractivity contribution in [2.24, 2.45) is 0 Å². The van der Waals surface area contributed by atoms with Crippen LogP contribution in [0.4, 0.5) is 5.00 Å². The second-order valence-electron chi connectivity index (χ2n) is 4.50. The molecule has 0 aliphatic heterocycles. The van der Waals surface area contributed by atoms with Crippen LogP contribution in [0.5, 0.6) is 0 Å². The molecule has 0 radical (unpaired) electrons. The van der Waals surface area contributed by atoms with Gasteiger partial charge in [-0.25, -0.2) is 4.79 Å². The minimum Gasteiger partial charge on any atom is -0.477 e. The summed E-state index contributed by atoms with van der Waals surface area (Å²) in [6, 6.07) is 11.3. The number of nitrogens with one attached hydrogen (secondary N) is 1. The maximum atomic E-state index is 11.8. The van der Waals surface area contributed by atoms with Crippen molar-refractivity contribution in [2.45, 2.75) is 12.7 Å². The van der Waals surface area contributed by atoms with Gasteiger partial charge in [0.05, 0.1) is 10.8 Å². The monoisotopic (exact) mass is 321 g/mol. The van der Waals surface area contributed by atoms with Crippen LogP contribution in [0.15, 0.2) is 36.4 Å². The Balaban J connectivity index is 1.78. The minimum absolute atomic E-state index is 0.119.